The molecule has 1 aromatic heterocycles. The van der Waals surface area contributed by atoms with Gasteiger partial charge in [-0.1, -0.05) is 30.3 Å². The highest BCUT2D eigenvalue weighted by Gasteiger charge is 2.13. The van der Waals surface area contributed by atoms with Crippen molar-refractivity contribution in [1.29, 1.82) is 0 Å². The van der Waals surface area contributed by atoms with Crippen LogP contribution in [0.2, 0.25) is 0 Å². The Morgan fingerprint density at radius 2 is 1.68 bits per heavy atom. The monoisotopic (exact) mass is 377 g/mol. The Labute approximate surface area is 162 Å². The van der Waals surface area contributed by atoms with E-state index in [0.29, 0.717) is 11.3 Å². The second kappa shape index (κ2) is 8.43. The summed E-state index contributed by atoms with van der Waals surface area (Å²) in [6.07, 6.45) is 2.76. The Morgan fingerprint density at radius 3 is 2.43 bits per heavy atom. The number of nitrogens with zero attached hydrogens (tertiary/aromatic N) is 1. The zero-order chi connectivity index (χ0) is 20.1. The highest BCUT2D eigenvalue weighted by Crippen LogP contribution is 2.17. The number of rotatable bonds is 5. The van der Waals surface area contributed by atoms with Crippen molar-refractivity contribution in [3.8, 4) is 0 Å². The lowest BCUT2D eigenvalue weighted by Gasteiger charge is -2.10. The van der Waals surface area contributed by atoms with Gasteiger partial charge in [-0.3, -0.25) is 14.6 Å². The molecule has 2 N–H and O–H groups in total. The fourth-order valence-electron chi connectivity index (χ4n) is 2.67. The molecule has 0 saturated heterocycles. The second-order valence-corrected chi connectivity index (χ2v) is 6.51. The quantitative estimate of drug-likeness (QED) is 0.705. The molecule has 1 heterocycles. The van der Waals surface area contributed by atoms with Crippen molar-refractivity contribution in [3.05, 3.63) is 94.6 Å². The Kier molecular flexibility index (Phi) is 5.79. The third kappa shape index (κ3) is 4.59. The van der Waals surface area contributed by atoms with Crippen molar-refractivity contribution in [2.75, 3.05) is 5.32 Å². The maximum absolute atomic E-state index is 13.7. The predicted octanol–water partition coefficient (Wildman–Crippen LogP) is 4.02. The Hall–Kier alpha value is -3.54. The SMILES string of the molecule is Cc1ccc(C)c(NC(=O)c2cncc(C(=O)NCc3ccccc3F)c2)c1. The van der Waals surface area contributed by atoms with Crippen LogP contribution in [0.25, 0.3) is 0 Å². The van der Waals surface area contributed by atoms with Crippen LogP contribution in [0.5, 0.6) is 0 Å². The van der Waals surface area contributed by atoms with Crippen LogP contribution in [-0.2, 0) is 6.54 Å². The van der Waals surface area contributed by atoms with E-state index in [0.717, 1.165) is 11.1 Å². The number of aryl methyl sites for hydroxylation is 2. The first kappa shape index (κ1) is 19.2. The van der Waals surface area contributed by atoms with Crippen LogP contribution in [0.4, 0.5) is 10.1 Å². The van der Waals surface area contributed by atoms with E-state index in [1.54, 1.807) is 18.2 Å². The van der Waals surface area contributed by atoms with Gasteiger partial charge in [-0.25, -0.2) is 4.39 Å². The number of pyridine rings is 1. The van der Waals surface area contributed by atoms with E-state index in [4.69, 9.17) is 0 Å². The van der Waals surface area contributed by atoms with Gasteiger partial charge >= 0.3 is 0 Å². The molecule has 0 saturated carbocycles. The van der Waals surface area contributed by atoms with Crippen LogP contribution in [0.3, 0.4) is 0 Å². The Bertz CT molecular complexity index is 1030. The summed E-state index contributed by atoms with van der Waals surface area (Å²) >= 11 is 0. The fourth-order valence-corrected chi connectivity index (χ4v) is 2.67. The lowest BCUT2D eigenvalue weighted by Crippen LogP contribution is -2.24. The predicted molar refractivity (Wildman–Crippen MR) is 106 cm³/mol. The first-order chi connectivity index (χ1) is 13.4. The molecule has 6 heteroatoms. The molecule has 0 atom stereocenters. The van der Waals surface area contributed by atoms with Crippen LogP contribution in [0.15, 0.2) is 60.9 Å². The third-order valence-electron chi connectivity index (χ3n) is 4.30. The third-order valence-corrected chi connectivity index (χ3v) is 4.30. The Balaban J connectivity index is 1.70. The van der Waals surface area contributed by atoms with Crippen LogP contribution in [0.1, 0.15) is 37.4 Å². The maximum Gasteiger partial charge on any atom is 0.257 e. The Morgan fingerprint density at radius 1 is 0.964 bits per heavy atom. The molecule has 0 unspecified atom stereocenters. The molecule has 0 spiro atoms. The lowest BCUT2D eigenvalue weighted by atomic mass is 10.1. The minimum absolute atomic E-state index is 0.0460. The molecule has 0 bridgehead atoms. The van der Waals surface area contributed by atoms with E-state index < -0.39 is 5.91 Å². The van der Waals surface area contributed by atoms with Gasteiger partial charge in [-0.05, 0) is 43.2 Å². The first-order valence-corrected chi connectivity index (χ1v) is 8.79. The van der Waals surface area contributed by atoms with Crippen molar-refractivity contribution in [3.63, 3.8) is 0 Å². The molecule has 3 aromatic rings. The van der Waals surface area contributed by atoms with E-state index in [1.165, 1.54) is 24.5 Å². The maximum atomic E-state index is 13.7. The molecule has 0 aliphatic rings. The molecule has 2 amide bonds. The normalized spacial score (nSPS) is 10.4. The molecule has 0 aliphatic carbocycles. The van der Waals surface area contributed by atoms with Crippen molar-refractivity contribution < 1.29 is 14.0 Å². The van der Waals surface area contributed by atoms with Gasteiger partial charge in [0.15, 0.2) is 0 Å². The van der Waals surface area contributed by atoms with Gasteiger partial charge in [0, 0.05) is 30.2 Å². The summed E-state index contributed by atoms with van der Waals surface area (Å²) in [7, 11) is 0. The average molecular weight is 377 g/mol. The van der Waals surface area contributed by atoms with Crippen LogP contribution in [0, 0.1) is 19.7 Å². The van der Waals surface area contributed by atoms with E-state index in [2.05, 4.69) is 15.6 Å². The smallest absolute Gasteiger partial charge is 0.257 e. The summed E-state index contributed by atoms with van der Waals surface area (Å²) in [6.45, 7) is 3.89. The summed E-state index contributed by atoms with van der Waals surface area (Å²) in [5.41, 5.74) is 3.54. The number of carbonyl (C=O) groups is 2. The fraction of sp³-hybridized carbons (Fsp3) is 0.136. The first-order valence-electron chi connectivity index (χ1n) is 8.79. The number of hydrogen-bond donors (Lipinski definition) is 2. The summed E-state index contributed by atoms with van der Waals surface area (Å²) in [4.78, 5) is 28.9. The minimum Gasteiger partial charge on any atom is -0.348 e. The van der Waals surface area contributed by atoms with E-state index in [9.17, 15) is 14.0 Å². The van der Waals surface area contributed by atoms with Gasteiger partial charge in [-0.2, -0.15) is 0 Å². The topological polar surface area (TPSA) is 71.1 Å². The van der Waals surface area contributed by atoms with E-state index in [1.807, 2.05) is 32.0 Å². The van der Waals surface area contributed by atoms with Gasteiger partial charge < -0.3 is 10.6 Å². The number of carbonyl (C=O) groups excluding carboxylic acids is 2. The van der Waals surface area contributed by atoms with Crippen LogP contribution in [-0.4, -0.2) is 16.8 Å². The van der Waals surface area contributed by atoms with E-state index in [-0.39, 0.29) is 29.4 Å². The molecule has 28 heavy (non-hydrogen) atoms. The summed E-state index contributed by atoms with van der Waals surface area (Å²) in [5, 5.41) is 5.48. The standard InChI is InChI=1S/C22H20FN3O2/c1-14-7-8-15(2)20(9-14)26-22(28)18-10-17(11-24-12-18)21(27)25-13-16-5-3-4-6-19(16)23/h3-12H,13H2,1-2H3,(H,25,27)(H,26,28). The molecule has 5 nitrogen and oxygen atoms in total. The number of halogens is 1. The molecule has 3 rings (SSSR count). The number of anilines is 1. The largest absolute Gasteiger partial charge is 0.348 e. The van der Waals surface area contributed by atoms with Gasteiger partial charge in [0.25, 0.3) is 11.8 Å². The van der Waals surface area contributed by atoms with Crippen LogP contribution < -0.4 is 10.6 Å². The molecule has 142 valence electrons. The summed E-state index contributed by atoms with van der Waals surface area (Å²) in [5.74, 6) is -1.18. The molecular formula is C22H20FN3O2. The van der Waals surface area contributed by atoms with Gasteiger partial charge in [0.2, 0.25) is 0 Å². The number of amides is 2. The van der Waals surface area contributed by atoms with Crippen molar-refractivity contribution in [2.24, 2.45) is 0 Å². The van der Waals surface area contributed by atoms with Crippen molar-refractivity contribution >= 4 is 17.5 Å². The molecule has 0 fully saturated rings. The lowest BCUT2D eigenvalue weighted by molar-refractivity contribution is 0.0950. The number of hydrogen-bond acceptors (Lipinski definition) is 3. The van der Waals surface area contributed by atoms with Crippen molar-refractivity contribution in [2.45, 2.75) is 20.4 Å². The van der Waals surface area contributed by atoms with Gasteiger partial charge in [0.1, 0.15) is 5.82 Å². The zero-order valence-corrected chi connectivity index (χ0v) is 15.6. The summed E-state index contributed by atoms with van der Waals surface area (Å²) < 4.78 is 13.7. The number of benzene rings is 2. The molecule has 0 radical (unpaired) electrons. The number of aromatic nitrogens is 1. The highest BCUT2D eigenvalue weighted by atomic mass is 19.1. The van der Waals surface area contributed by atoms with Crippen LogP contribution >= 0.6 is 0 Å². The molecular weight excluding hydrogens is 357 g/mol. The zero-order valence-electron chi connectivity index (χ0n) is 15.6. The van der Waals surface area contributed by atoms with Gasteiger partial charge in [0.05, 0.1) is 11.1 Å². The van der Waals surface area contributed by atoms with E-state index >= 15 is 0 Å². The summed E-state index contributed by atoms with van der Waals surface area (Å²) in [6, 6.07) is 13.5. The van der Waals surface area contributed by atoms with Crippen molar-refractivity contribution in [1.82, 2.24) is 10.3 Å². The molecule has 0 aliphatic heterocycles. The highest BCUT2D eigenvalue weighted by molar-refractivity contribution is 6.06. The second-order valence-electron chi connectivity index (χ2n) is 6.51. The number of nitrogens with one attached hydrogen (secondary N) is 2. The van der Waals surface area contributed by atoms with Gasteiger partial charge in [-0.15, -0.1) is 0 Å². The average Bonchev–Trinajstić information content (AvgIpc) is 2.70. The molecule has 2 aromatic carbocycles. The minimum atomic E-state index is -0.433.